The van der Waals surface area contributed by atoms with E-state index in [2.05, 4.69) is 29.2 Å². The highest BCUT2D eigenvalue weighted by Gasteiger charge is 2.44. The molecule has 0 aromatic heterocycles. The third-order valence-electron chi connectivity index (χ3n) is 7.83. The molecule has 3 aromatic rings. The average Bonchev–Trinajstić information content (AvgIpc) is 3.57. The first-order valence-corrected chi connectivity index (χ1v) is 13.2. The number of esters is 1. The Morgan fingerprint density at radius 1 is 0.892 bits per heavy atom. The van der Waals surface area contributed by atoms with Crippen molar-refractivity contribution in [2.45, 2.75) is 45.7 Å². The fraction of sp³-hybridized carbons (Fsp3) is 0.375. The lowest BCUT2D eigenvalue weighted by atomic mass is 9.87. The molecule has 1 amide bonds. The lowest BCUT2D eigenvalue weighted by molar-refractivity contribution is -0.142. The van der Waals surface area contributed by atoms with E-state index < -0.39 is 6.52 Å². The second-order valence-electron chi connectivity index (χ2n) is 10.6. The molecular weight excluding hydrogens is 460 g/mol. The van der Waals surface area contributed by atoms with Crippen molar-refractivity contribution in [2.24, 2.45) is 17.8 Å². The summed E-state index contributed by atoms with van der Waals surface area (Å²) in [6, 6.07) is 23.8. The molecule has 0 aliphatic heterocycles. The molecule has 0 N–H and O–H groups in total. The van der Waals surface area contributed by atoms with E-state index in [9.17, 15) is 11.0 Å². The maximum absolute atomic E-state index is 14.0. The maximum Gasteiger partial charge on any atom is 0.302 e. The van der Waals surface area contributed by atoms with E-state index in [1.54, 1.807) is 4.90 Å². The molecule has 5 nitrogen and oxygen atoms in total. The van der Waals surface area contributed by atoms with Crippen molar-refractivity contribution in [3.8, 4) is 11.1 Å². The number of carbonyl (C=O) groups is 2. The molecule has 37 heavy (non-hydrogen) atoms. The minimum atomic E-state index is -0.879. The fourth-order valence-electron chi connectivity index (χ4n) is 5.84. The lowest BCUT2D eigenvalue weighted by Gasteiger charge is -2.30. The summed E-state index contributed by atoms with van der Waals surface area (Å²) in [5.74, 6) is 0.700. The van der Waals surface area contributed by atoms with Crippen molar-refractivity contribution < 1.29 is 15.7 Å². The fourth-order valence-corrected chi connectivity index (χ4v) is 5.84. The molecule has 2 bridgehead atoms. The Balaban J connectivity index is 1.43. The van der Waals surface area contributed by atoms with Crippen LogP contribution in [0.25, 0.3) is 11.1 Å². The molecule has 5 heteroatoms. The van der Waals surface area contributed by atoms with Gasteiger partial charge in [0.1, 0.15) is 6.61 Å². The Hall–Kier alpha value is -3.60. The van der Waals surface area contributed by atoms with Gasteiger partial charge in [0.25, 0.3) is 0 Å². The van der Waals surface area contributed by atoms with Gasteiger partial charge >= 0.3 is 5.97 Å². The molecular formula is C32H36N2O3. The van der Waals surface area contributed by atoms with E-state index >= 15 is 0 Å². The smallest absolute Gasteiger partial charge is 0.302 e. The molecule has 0 saturated heterocycles. The zero-order chi connectivity index (χ0) is 26.8. The van der Waals surface area contributed by atoms with Crippen LogP contribution in [0.15, 0.2) is 72.8 Å². The van der Waals surface area contributed by atoms with Gasteiger partial charge in [0.15, 0.2) is 0 Å². The highest BCUT2D eigenvalue weighted by Crippen LogP contribution is 2.49. The number of benzene rings is 3. The van der Waals surface area contributed by atoms with Gasteiger partial charge in [-0.1, -0.05) is 55.0 Å². The summed E-state index contributed by atoms with van der Waals surface area (Å²) in [5, 5.41) is 0. The quantitative estimate of drug-likeness (QED) is 0.336. The summed E-state index contributed by atoms with van der Waals surface area (Å²) < 4.78 is 14.4. The summed E-state index contributed by atoms with van der Waals surface area (Å²) in [4.78, 5) is 29.1. The van der Waals surface area contributed by atoms with Gasteiger partial charge in [-0.2, -0.15) is 0 Å². The Kier molecular flexibility index (Phi) is 6.94. The molecule has 192 valence electrons. The van der Waals surface area contributed by atoms with Crippen LogP contribution in [-0.4, -0.2) is 26.0 Å². The van der Waals surface area contributed by atoms with Crippen molar-refractivity contribution >= 4 is 23.3 Å². The summed E-state index contributed by atoms with van der Waals surface area (Å²) in [7, 11) is 4.04. The molecule has 0 radical (unpaired) electrons. The van der Waals surface area contributed by atoms with Crippen LogP contribution in [0.2, 0.25) is 0 Å². The van der Waals surface area contributed by atoms with Crippen molar-refractivity contribution in [3.05, 3.63) is 83.9 Å². The highest BCUT2D eigenvalue weighted by molar-refractivity contribution is 5.95. The third kappa shape index (κ3) is 5.71. The van der Waals surface area contributed by atoms with Gasteiger partial charge < -0.3 is 14.5 Å². The van der Waals surface area contributed by atoms with E-state index in [4.69, 9.17) is 4.74 Å². The number of rotatable bonds is 8. The number of fused-ring (bicyclic) bond motifs is 2. The molecule has 2 aliphatic rings. The molecule has 4 unspecified atom stereocenters. The van der Waals surface area contributed by atoms with Crippen LogP contribution in [0, 0.1) is 17.8 Å². The van der Waals surface area contributed by atoms with Crippen molar-refractivity contribution in [1.29, 1.82) is 0 Å². The van der Waals surface area contributed by atoms with E-state index in [1.807, 2.05) is 62.6 Å². The van der Waals surface area contributed by atoms with Gasteiger partial charge in [-0.15, -0.1) is 0 Å². The molecule has 4 atom stereocenters. The largest absolute Gasteiger partial charge is 0.461 e. The SMILES string of the molecule is [2H]C(c1ccc(-c2ccc(N(C)C)cc2)cc1)N(C(=O)C1CC2CCC1C2)c1cccc(COC(C)=O)c1. The van der Waals surface area contributed by atoms with Crippen molar-refractivity contribution in [3.63, 3.8) is 0 Å². The van der Waals surface area contributed by atoms with Gasteiger partial charge in [0.05, 0.1) is 7.89 Å². The number of carbonyl (C=O) groups excluding carboxylic acids is 2. The van der Waals surface area contributed by atoms with E-state index in [0.717, 1.165) is 47.2 Å². The van der Waals surface area contributed by atoms with Crippen LogP contribution in [0.3, 0.4) is 0 Å². The van der Waals surface area contributed by atoms with Crippen LogP contribution >= 0.6 is 0 Å². The van der Waals surface area contributed by atoms with Gasteiger partial charge in [-0.05, 0) is 77.6 Å². The summed E-state index contributed by atoms with van der Waals surface area (Å²) in [6.07, 6.45) is 4.36. The van der Waals surface area contributed by atoms with Crippen LogP contribution < -0.4 is 9.80 Å². The number of hydrogen-bond acceptors (Lipinski definition) is 4. The highest BCUT2D eigenvalue weighted by atomic mass is 16.5. The predicted molar refractivity (Wildman–Crippen MR) is 148 cm³/mol. The minimum Gasteiger partial charge on any atom is -0.461 e. The Morgan fingerprint density at radius 3 is 2.19 bits per heavy atom. The molecule has 2 aliphatic carbocycles. The molecule has 0 heterocycles. The second-order valence-corrected chi connectivity index (χ2v) is 10.6. The third-order valence-corrected chi connectivity index (χ3v) is 7.83. The number of hydrogen-bond donors (Lipinski definition) is 0. The van der Waals surface area contributed by atoms with Crippen LogP contribution in [0.5, 0.6) is 0 Å². The van der Waals surface area contributed by atoms with Gasteiger partial charge in [0, 0.05) is 38.3 Å². The maximum atomic E-state index is 14.0. The zero-order valence-electron chi connectivity index (χ0n) is 22.9. The van der Waals surface area contributed by atoms with E-state index in [-0.39, 0.29) is 24.4 Å². The Labute approximate surface area is 221 Å². The predicted octanol–water partition coefficient (Wildman–Crippen LogP) is 6.45. The molecule has 0 spiro atoms. The van der Waals surface area contributed by atoms with Crippen molar-refractivity contribution in [1.82, 2.24) is 0 Å². The van der Waals surface area contributed by atoms with Crippen molar-refractivity contribution in [2.75, 3.05) is 23.9 Å². The van der Waals surface area contributed by atoms with Gasteiger partial charge in [-0.3, -0.25) is 9.59 Å². The first-order valence-electron chi connectivity index (χ1n) is 13.7. The van der Waals surface area contributed by atoms with Gasteiger partial charge in [0.2, 0.25) is 5.91 Å². The standard InChI is InChI=1S/C32H36N2O3/c1-22(35)37-21-25-5-4-6-30(18-25)34(32(36)31-19-24-9-12-28(31)17-24)20-23-7-10-26(11-8-23)27-13-15-29(16-14-27)33(2)3/h4-8,10-11,13-16,18,24,28,31H,9,12,17,19-21H2,1-3H3/i20D. The van der Waals surface area contributed by atoms with Crippen LogP contribution in [-0.2, 0) is 27.5 Å². The molecule has 2 saturated carbocycles. The average molecular weight is 498 g/mol. The van der Waals surface area contributed by atoms with Crippen LogP contribution in [0.1, 0.15) is 45.1 Å². The Bertz CT molecular complexity index is 1290. The van der Waals surface area contributed by atoms with Crippen LogP contribution in [0.4, 0.5) is 11.4 Å². The zero-order valence-corrected chi connectivity index (χ0v) is 21.9. The Morgan fingerprint density at radius 2 is 1.59 bits per heavy atom. The number of amides is 1. The van der Waals surface area contributed by atoms with Gasteiger partial charge in [-0.25, -0.2) is 0 Å². The second kappa shape index (κ2) is 10.8. The summed E-state index contributed by atoms with van der Waals surface area (Å²) in [6.45, 7) is 0.647. The number of nitrogens with zero attached hydrogens (tertiary/aromatic N) is 2. The first kappa shape index (κ1) is 23.8. The molecule has 2 fully saturated rings. The molecule has 5 rings (SSSR count). The topological polar surface area (TPSA) is 49.9 Å². The normalized spacial score (nSPS) is 21.3. The summed E-state index contributed by atoms with van der Waals surface area (Å²) in [5.41, 5.74) is 5.55. The lowest BCUT2D eigenvalue weighted by Crippen LogP contribution is -2.38. The summed E-state index contributed by atoms with van der Waals surface area (Å²) >= 11 is 0. The minimum absolute atomic E-state index is 0.0326. The molecule has 3 aromatic carbocycles. The number of anilines is 2. The monoisotopic (exact) mass is 497 g/mol. The van der Waals surface area contributed by atoms with E-state index in [0.29, 0.717) is 17.5 Å². The number of ether oxygens (including phenoxy) is 1. The van der Waals surface area contributed by atoms with E-state index in [1.165, 1.54) is 13.3 Å². The first-order chi connectivity index (χ1) is 18.3.